The summed E-state index contributed by atoms with van der Waals surface area (Å²) >= 11 is 5.45. The van der Waals surface area contributed by atoms with Crippen molar-refractivity contribution >= 4 is 27.3 Å². The third-order valence-corrected chi connectivity index (χ3v) is 5.10. The standard InChI is InChI=1S/C15H26BrNOS/c1-4-7-14(18-6-3)13(17-9-5-2)11-15-12(16)8-10-19-15/h8,10,13-14,17H,4-7,9,11H2,1-3H3. The molecule has 1 rings (SSSR count). The van der Waals surface area contributed by atoms with Crippen molar-refractivity contribution in [1.29, 1.82) is 0 Å². The minimum Gasteiger partial charge on any atom is -0.377 e. The monoisotopic (exact) mass is 347 g/mol. The number of hydrogen-bond donors (Lipinski definition) is 1. The molecule has 4 heteroatoms. The summed E-state index contributed by atoms with van der Waals surface area (Å²) in [5, 5.41) is 5.81. The first-order valence-electron chi connectivity index (χ1n) is 7.29. The molecule has 0 radical (unpaired) electrons. The van der Waals surface area contributed by atoms with Gasteiger partial charge in [-0.2, -0.15) is 0 Å². The molecule has 0 fully saturated rings. The first-order chi connectivity index (χ1) is 9.22. The highest BCUT2D eigenvalue weighted by molar-refractivity contribution is 9.10. The van der Waals surface area contributed by atoms with Gasteiger partial charge in [-0.15, -0.1) is 11.3 Å². The number of rotatable bonds is 10. The van der Waals surface area contributed by atoms with Gasteiger partial charge in [-0.05, 0) is 53.7 Å². The maximum Gasteiger partial charge on any atom is 0.0731 e. The third kappa shape index (κ3) is 5.94. The Bertz CT molecular complexity index is 337. The summed E-state index contributed by atoms with van der Waals surface area (Å²) in [6.45, 7) is 8.37. The number of nitrogens with one attached hydrogen (secondary N) is 1. The van der Waals surface area contributed by atoms with E-state index < -0.39 is 0 Å². The molecule has 0 aliphatic carbocycles. The van der Waals surface area contributed by atoms with Crippen LogP contribution < -0.4 is 5.32 Å². The Morgan fingerprint density at radius 1 is 1.32 bits per heavy atom. The summed E-state index contributed by atoms with van der Waals surface area (Å²) in [5.41, 5.74) is 0. The predicted octanol–water partition coefficient (Wildman–Crippen LogP) is 4.63. The maximum atomic E-state index is 5.96. The minimum atomic E-state index is 0.315. The molecule has 1 N–H and O–H groups in total. The van der Waals surface area contributed by atoms with Gasteiger partial charge < -0.3 is 10.1 Å². The Balaban J connectivity index is 2.70. The van der Waals surface area contributed by atoms with Crippen LogP contribution in [0.5, 0.6) is 0 Å². The van der Waals surface area contributed by atoms with Crippen LogP contribution >= 0.6 is 27.3 Å². The highest BCUT2D eigenvalue weighted by Gasteiger charge is 2.22. The van der Waals surface area contributed by atoms with Gasteiger partial charge in [0.25, 0.3) is 0 Å². The second-order valence-corrected chi connectivity index (χ2v) is 6.59. The lowest BCUT2D eigenvalue weighted by Gasteiger charge is -2.28. The van der Waals surface area contributed by atoms with Crippen LogP contribution in [0.15, 0.2) is 15.9 Å². The van der Waals surface area contributed by atoms with Gasteiger partial charge in [0, 0.05) is 28.4 Å². The first-order valence-corrected chi connectivity index (χ1v) is 8.96. The molecular formula is C15H26BrNOS. The summed E-state index contributed by atoms with van der Waals surface area (Å²) in [7, 11) is 0. The lowest BCUT2D eigenvalue weighted by atomic mass is 10.0. The molecule has 0 aromatic carbocycles. The van der Waals surface area contributed by atoms with Crippen molar-refractivity contribution < 1.29 is 4.74 Å². The smallest absolute Gasteiger partial charge is 0.0731 e. The Morgan fingerprint density at radius 2 is 2.11 bits per heavy atom. The van der Waals surface area contributed by atoms with E-state index in [0.29, 0.717) is 12.1 Å². The van der Waals surface area contributed by atoms with Crippen molar-refractivity contribution in [2.45, 2.75) is 58.6 Å². The first kappa shape index (κ1) is 17.2. The number of halogens is 1. The summed E-state index contributed by atoms with van der Waals surface area (Å²) in [6, 6.07) is 2.54. The van der Waals surface area contributed by atoms with Crippen molar-refractivity contribution in [2.75, 3.05) is 13.2 Å². The molecule has 1 aromatic rings. The van der Waals surface area contributed by atoms with Gasteiger partial charge in [0.2, 0.25) is 0 Å². The Hall–Kier alpha value is 0.1000. The molecule has 2 atom stereocenters. The van der Waals surface area contributed by atoms with Crippen LogP contribution in [-0.4, -0.2) is 25.3 Å². The number of ether oxygens (including phenoxy) is 1. The van der Waals surface area contributed by atoms with Crippen LogP contribution in [-0.2, 0) is 11.2 Å². The lowest BCUT2D eigenvalue weighted by molar-refractivity contribution is 0.0283. The van der Waals surface area contributed by atoms with Gasteiger partial charge in [0.15, 0.2) is 0 Å². The Labute approximate surface area is 130 Å². The summed E-state index contributed by atoms with van der Waals surface area (Å²) in [6.07, 6.45) is 4.81. The van der Waals surface area contributed by atoms with Crippen molar-refractivity contribution in [2.24, 2.45) is 0 Å². The van der Waals surface area contributed by atoms with Gasteiger partial charge in [0.1, 0.15) is 0 Å². The second kappa shape index (κ2) is 9.92. The van der Waals surface area contributed by atoms with Crippen LogP contribution in [0, 0.1) is 0 Å². The second-order valence-electron chi connectivity index (χ2n) is 4.74. The van der Waals surface area contributed by atoms with Crippen LogP contribution in [0.2, 0.25) is 0 Å². The highest BCUT2D eigenvalue weighted by atomic mass is 79.9. The molecule has 0 aliphatic heterocycles. The van der Waals surface area contributed by atoms with E-state index >= 15 is 0 Å². The molecule has 0 saturated heterocycles. The molecule has 1 aromatic heterocycles. The van der Waals surface area contributed by atoms with Gasteiger partial charge >= 0.3 is 0 Å². The summed E-state index contributed by atoms with van der Waals surface area (Å²) in [5.74, 6) is 0. The third-order valence-electron chi connectivity index (χ3n) is 3.16. The van der Waals surface area contributed by atoms with E-state index in [1.54, 1.807) is 0 Å². The Morgan fingerprint density at radius 3 is 2.63 bits per heavy atom. The van der Waals surface area contributed by atoms with E-state index in [1.165, 1.54) is 15.8 Å². The zero-order valence-electron chi connectivity index (χ0n) is 12.2. The number of thiophene rings is 1. The van der Waals surface area contributed by atoms with Crippen molar-refractivity contribution in [3.63, 3.8) is 0 Å². The van der Waals surface area contributed by atoms with Crippen LogP contribution in [0.25, 0.3) is 0 Å². The average molecular weight is 348 g/mol. The highest BCUT2D eigenvalue weighted by Crippen LogP contribution is 2.25. The Kier molecular flexibility index (Phi) is 8.95. The van der Waals surface area contributed by atoms with Crippen molar-refractivity contribution in [3.8, 4) is 0 Å². The fourth-order valence-corrected chi connectivity index (χ4v) is 3.81. The number of hydrogen-bond acceptors (Lipinski definition) is 3. The zero-order valence-corrected chi connectivity index (χ0v) is 14.6. The average Bonchev–Trinajstić information content (AvgIpc) is 2.80. The fraction of sp³-hybridized carbons (Fsp3) is 0.733. The van der Waals surface area contributed by atoms with Crippen molar-refractivity contribution in [1.82, 2.24) is 5.32 Å². The quantitative estimate of drug-likeness (QED) is 0.666. The predicted molar refractivity (Wildman–Crippen MR) is 88.1 cm³/mol. The molecule has 110 valence electrons. The molecule has 19 heavy (non-hydrogen) atoms. The van der Waals surface area contributed by atoms with E-state index in [0.717, 1.165) is 32.4 Å². The topological polar surface area (TPSA) is 21.3 Å². The molecule has 2 nitrogen and oxygen atoms in total. The molecule has 0 saturated carbocycles. The summed E-state index contributed by atoms with van der Waals surface area (Å²) in [4.78, 5) is 1.41. The van der Waals surface area contributed by atoms with E-state index in [1.807, 2.05) is 11.3 Å². The van der Waals surface area contributed by atoms with Gasteiger partial charge in [-0.1, -0.05) is 20.3 Å². The fourth-order valence-electron chi connectivity index (χ4n) is 2.23. The molecule has 0 spiro atoms. The molecule has 0 amide bonds. The normalized spacial score (nSPS) is 14.5. The molecule has 1 heterocycles. The molecule has 0 aliphatic rings. The SMILES string of the molecule is CCCNC(Cc1sccc1Br)C(CCC)OCC. The summed E-state index contributed by atoms with van der Waals surface area (Å²) < 4.78 is 7.19. The van der Waals surface area contributed by atoms with E-state index in [-0.39, 0.29) is 0 Å². The molecule has 2 unspecified atom stereocenters. The van der Waals surface area contributed by atoms with Crippen LogP contribution in [0.3, 0.4) is 0 Å². The molecular weight excluding hydrogens is 322 g/mol. The van der Waals surface area contributed by atoms with Crippen LogP contribution in [0.4, 0.5) is 0 Å². The molecule has 0 bridgehead atoms. The lowest BCUT2D eigenvalue weighted by Crippen LogP contribution is -2.43. The van der Waals surface area contributed by atoms with Crippen molar-refractivity contribution in [3.05, 3.63) is 20.8 Å². The minimum absolute atomic E-state index is 0.315. The van der Waals surface area contributed by atoms with Gasteiger partial charge in [0.05, 0.1) is 6.10 Å². The maximum absolute atomic E-state index is 5.96. The zero-order chi connectivity index (χ0) is 14.1. The largest absolute Gasteiger partial charge is 0.377 e. The van der Waals surface area contributed by atoms with E-state index in [9.17, 15) is 0 Å². The van der Waals surface area contributed by atoms with Gasteiger partial charge in [-0.3, -0.25) is 0 Å². The van der Waals surface area contributed by atoms with Gasteiger partial charge in [-0.25, -0.2) is 0 Å². The van der Waals surface area contributed by atoms with E-state index in [4.69, 9.17) is 4.74 Å². The van der Waals surface area contributed by atoms with E-state index in [2.05, 4.69) is 53.5 Å². The van der Waals surface area contributed by atoms with Crippen LogP contribution in [0.1, 0.15) is 44.9 Å².